The van der Waals surface area contributed by atoms with Gasteiger partial charge in [0, 0.05) is 5.69 Å². The predicted molar refractivity (Wildman–Crippen MR) is 87.5 cm³/mol. The number of rotatable bonds is 6. The summed E-state index contributed by atoms with van der Waals surface area (Å²) in [5, 5.41) is 0. The van der Waals surface area contributed by atoms with Gasteiger partial charge in [0.15, 0.2) is 0 Å². The minimum atomic E-state index is -3.48. The van der Waals surface area contributed by atoms with Crippen LogP contribution in [0.2, 0.25) is 0 Å². The van der Waals surface area contributed by atoms with Gasteiger partial charge in [0.2, 0.25) is 10.0 Å². The Morgan fingerprint density at radius 3 is 2.29 bits per heavy atom. The van der Waals surface area contributed by atoms with E-state index in [-0.39, 0.29) is 5.75 Å². The molecule has 2 aromatic rings. The third-order valence-electron chi connectivity index (χ3n) is 3.20. The molecule has 112 valence electrons. The largest absolute Gasteiger partial charge is 0.398 e. The highest BCUT2D eigenvalue weighted by Gasteiger charge is 2.15. The van der Waals surface area contributed by atoms with E-state index in [0.29, 0.717) is 16.9 Å². The molecule has 0 heterocycles. The molecule has 0 radical (unpaired) electrons. The van der Waals surface area contributed by atoms with Gasteiger partial charge >= 0.3 is 0 Å². The first-order valence-electron chi connectivity index (χ1n) is 6.93. The zero-order valence-corrected chi connectivity index (χ0v) is 12.9. The molecule has 0 unspecified atom stereocenters. The van der Waals surface area contributed by atoms with Gasteiger partial charge in [-0.3, -0.25) is 4.72 Å². The Kier molecular flexibility index (Phi) is 4.85. The molecule has 0 aliphatic carbocycles. The molecule has 3 N–H and O–H groups in total. The number of hydrogen-bond donors (Lipinski definition) is 2. The minimum absolute atomic E-state index is 0.125. The Labute approximate surface area is 126 Å². The number of benzene rings is 2. The van der Waals surface area contributed by atoms with E-state index in [9.17, 15) is 8.42 Å². The van der Waals surface area contributed by atoms with Gasteiger partial charge in [0.05, 0.1) is 11.4 Å². The number of nitrogens with one attached hydrogen (secondary N) is 1. The number of anilines is 2. The molecule has 0 bridgehead atoms. The van der Waals surface area contributed by atoms with Crippen LogP contribution in [0.3, 0.4) is 0 Å². The zero-order valence-electron chi connectivity index (χ0n) is 12.0. The normalized spacial score (nSPS) is 11.3. The molecular formula is C16H20N2O2S. The lowest BCUT2D eigenvalue weighted by molar-refractivity contribution is 0.600. The summed E-state index contributed by atoms with van der Waals surface area (Å²) >= 11 is 0. The number of nitrogens with two attached hydrogens (primary N) is 1. The molecule has 0 fully saturated rings. The van der Waals surface area contributed by atoms with E-state index in [2.05, 4.69) is 11.6 Å². The van der Waals surface area contributed by atoms with Crippen molar-refractivity contribution in [3.8, 4) is 0 Å². The summed E-state index contributed by atoms with van der Waals surface area (Å²) in [7, 11) is -3.48. The van der Waals surface area contributed by atoms with Crippen molar-refractivity contribution in [3.05, 3.63) is 59.7 Å². The van der Waals surface area contributed by atoms with E-state index < -0.39 is 10.0 Å². The van der Waals surface area contributed by atoms with Crippen molar-refractivity contribution in [2.45, 2.75) is 25.5 Å². The lowest BCUT2D eigenvalue weighted by atomic mass is 10.1. The number of para-hydroxylation sites is 2. The van der Waals surface area contributed by atoms with Gasteiger partial charge in [-0.2, -0.15) is 0 Å². The molecule has 21 heavy (non-hydrogen) atoms. The Hall–Kier alpha value is -2.01. The van der Waals surface area contributed by atoms with Crippen LogP contribution >= 0.6 is 0 Å². The van der Waals surface area contributed by atoms with Crippen LogP contribution in [0, 0.1) is 0 Å². The molecule has 0 atom stereocenters. The highest BCUT2D eigenvalue weighted by molar-refractivity contribution is 7.91. The molecule has 2 aromatic carbocycles. The Bertz CT molecular complexity index is 712. The van der Waals surface area contributed by atoms with Crippen LogP contribution in [-0.4, -0.2) is 8.42 Å². The third kappa shape index (κ3) is 4.23. The fourth-order valence-corrected chi connectivity index (χ4v) is 3.46. The first kappa shape index (κ1) is 15.4. The van der Waals surface area contributed by atoms with Crippen molar-refractivity contribution in [2.75, 3.05) is 10.5 Å². The number of aryl methyl sites for hydroxylation is 1. The quantitative estimate of drug-likeness (QED) is 0.805. The number of hydrogen-bond acceptors (Lipinski definition) is 3. The highest BCUT2D eigenvalue weighted by Crippen LogP contribution is 2.21. The number of nitrogen functional groups attached to an aromatic ring is 1. The maximum Gasteiger partial charge on any atom is 0.237 e. The topological polar surface area (TPSA) is 72.2 Å². The molecule has 0 aliphatic rings. The van der Waals surface area contributed by atoms with Crippen LogP contribution in [0.5, 0.6) is 0 Å². The summed E-state index contributed by atoms with van der Waals surface area (Å²) in [6, 6.07) is 14.5. The van der Waals surface area contributed by atoms with Crippen molar-refractivity contribution in [3.63, 3.8) is 0 Å². The predicted octanol–water partition coefficient (Wildman–Crippen LogP) is 3.16. The van der Waals surface area contributed by atoms with Crippen LogP contribution < -0.4 is 10.5 Å². The standard InChI is InChI=1S/C16H20N2O2S/c1-2-7-13-8-4-6-11-16(13)18-21(19,20)12-14-9-3-5-10-15(14)17/h3-6,8-11,18H,2,7,12,17H2,1H3. The maximum absolute atomic E-state index is 12.3. The molecule has 4 nitrogen and oxygen atoms in total. The van der Waals surface area contributed by atoms with Gasteiger partial charge in [0.25, 0.3) is 0 Å². The second-order valence-corrected chi connectivity index (χ2v) is 6.69. The van der Waals surface area contributed by atoms with E-state index in [1.165, 1.54) is 0 Å². The SMILES string of the molecule is CCCc1ccccc1NS(=O)(=O)Cc1ccccc1N. The van der Waals surface area contributed by atoms with E-state index in [4.69, 9.17) is 5.73 Å². The van der Waals surface area contributed by atoms with E-state index in [1.54, 1.807) is 30.3 Å². The van der Waals surface area contributed by atoms with Gasteiger partial charge in [0.1, 0.15) is 0 Å². The van der Waals surface area contributed by atoms with E-state index >= 15 is 0 Å². The van der Waals surface area contributed by atoms with Gasteiger partial charge in [-0.25, -0.2) is 8.42 Å². The second-order valence-electron chi connectivity index (χ2n) is 4.97. The highest BCUT2D eigenvalue weighted by atomic mass is 32.2. The smallest absolute Gasteiger partial charge is 0.237 e. The Morgan fingerprint density at radius 2 is 1.62 bits per heavy atom. The van der Waals surface area contributed by atoms with E-state index in [0.717, 1.165) is 18.4 Å². The lowest BCUT2D eigenvalue weighted by Crippen LogP contribution is -2.17. The summed E-state index contributed by atoms with van der Waals surface area (Å²) in [5.74, 6) is -0.125. The van der Waals surface area contributed by atoms with Crippen molar-refractivity contribution in [1.29, 1.82) is 0 Å². The summed E-state index contributed by atoms with van der Waals surface area (Å²) in [6.07, 6.45) is 1.80. The molecule has 2 rings (SSSR count). The first-order chi connectivity index (χ1) is 10.0. The molecule has 0 saturated heterocycles. The zero-order chi connectivity index (χ0) is 15.3. The molecule has 5 heteroatoms. The van der Waals surface area contributed by atoms with Gasteiger partial charge < -0.3 is 5.73 Å². The summed E-state index contributed by atoms with van der Waals surface area (Å²) in [6.45, 7) is 2.07. The average molecular weight is 304 g/mol. The summed E-state index contributed by atoms with van der Waals surface area (Å²) in [5.41, 5.74) is 8.56. The van der Waals surface area contributed by atoms with Crippen molar-refractivity contribution >= 4 is 21.4 Å². The molecule has 0 saturated carbocycles. The summed E-state index contributed by atoms with van der Waals surface area (Å²) in [4.78, 5) is 0. The molecule has 0 aliphatic heterocycles. The monoisotopic (exact) mass is 304 g/mol. The van der Waals surface area contributed by atoms with Crippen molar-refractivity contribution in [2.24, 2.45) is 0 Å². The van der Waals surface area contributed by atoms with Crippen LogP contribution in [0.15, 0.2) is 48.5 Å². The third-order valence-corrected chi connectivity index (χ3v) is 4.42. The second kappa shape index (κ2) is 6.63. The fraction of sp³-hybridized carbons (Fsp3) is 0.250. The van der Waals surface area contributed by atoms with Crippen LogP contribution in [0.4, 0.5) is 11.4 Å². The van der Waals surface area contributed by atoms with E-state index in [1.807, 2.05) is 18.2 Å². The van der Waals surface area contributed by atoms with Crippen LogP contribution in [-0.2, 0) is 22.2 Å². The number of sulfonamides is 1. The summed E-state index contributed by atoms with van der Waals surface area (Å²) < 4.78 is 27.3. The Morgan fingerprint density at radius 1 is 1.00 bits per heavy atom. The van der Waals surface area contributed by atoms with Gasteiger partial charge in [-0.15, -0.1) is 0 Å². The molecule has 0 spiro atoms. The van der Waals surface area contributed by atoms with Crippen LogP contribution in [0.25, 0.3) is 0 Å². The minimum Gasteiger partial charge on any atom is -0.398 e. The average Bonchev–Trinajstić information content (AvgIpc) is 2.43. The molecular weight excluding hydrogens is 284 g/mol. The van der Waals surface area contributed by atoms with Crippen molar-refractivity contribution in [1.82, 2.24) is 0 Å². The fourth-order valence-electron chi connectivity index (χ4n) is 2.18. The lowest BCUT2D eigenvalue weighted by Gasteiger charge is -2.13. The van der Waals surface area contributed by atoms with Crippen molar-refractivity contribution < 1.29 is 8.42 Å². The van der Waals surface area contributed by atoms with Crippen LogP contribution in [0.1, 0.15) is 24.5 Å². The van der Waals surface area contributed by atoms with Gasteiger partial charge in [-0.05, 0) is 29.7 Å². The van der Waals surface area contributed by atoms with Gasteiger partial charge in [-0.1, -0.05) is 49.7 Å². The first-order valence-corrected chi connectivity index (χ1v) is 8.59. The maximum atomic E-state index is 12.3. The Balaban J connectivity index is 2.20. The molecule has 0 amide bonds. The molecule has 0 aromatic heterocycles.